The Kier molecular flexibility index (Phi) is 4.75. The van der Waals surface area contributed by atoms with Crippen LogP contribution in [0.1, 0.15) is 0 Å². The van der Waals surface area contributed by atoms with Gasteiger partial charge in [-0.3, -0.25) is 4.79 Å². The lowest BCUT2D eigenvalue weighted by molar-refractivity contribution is -0.146. The fourth-order valence-electron chi connectivity index (χ4n) is 0.817. The van der Waals surface area contributed by atoms with E-state index in [1.54, 1.807) is 0 Å². The van der Waals surface area contributed by atoms with E-state index >= 15 is 0 Å². The summed E-state index contributed by atoms with van der Waals surface area (Å²) >= 11 is 28.6. The summed E-state index contributed by atoms with van der Waals surface area (Å²) in [5, 5.41) is -0.909. The first-order chi connectivity index (χ1) is 7.77. The van der Waals surface area contributed by atoms with E-state index in [2.05, 4.69) is 4.74 Å². The molecule has 17 heavy (non-hydrogen) atoms. The number of carbonyl (C=O) groups is 2. The van der Waals surface area contributed by atoms with Crippen LogP contribution in [0.4, 0.5) is 0 Å². The fourth-order valence-corrected chi connectivity index (χ4v) is 2.02. The topological polar surface area (TPSA) is 69.4 Å². The molecule has 0 aliphatic heterocycles. The van der Waals surface area contributed by atoms with Crippen LogP contribution in [0.25, 0.3) is 0 Å². The van der Waals surface area contributed by atoms with Gasteiger partial charge >= 0.3 is 11.9 Å². The molecule has 0 saturated carbocycles. The number of nitrogens with two attached hydrogens (primary N) is 1. The van der Waals surface area contributed by atoms with Crippen molar-refractivity contribution in [3.05, 3.63) is 25.1 Å². The normalized spacial score (nSPS) is 10.2. The lowest BCUT2D eigenvalue weighted by atomic mass is 10.3. The summed E-state index contributed by atoms with van der Waals surface area (Å²) in [6, 6.07) is 0. The van der Waals surface area contributed by atoms with Gasteiger partial charge in [0.1, 0.15) is 10.0 Å². The number of halogens is 5. The lowest BCUT2D eigenvalue weighted by Gasteiger charge is -2.11. The number of hydrogen-bond donors (Lipinski definition) is 1. The van der Waals surface area contributed by atoms with E-state index in [1.807, 2.05) is 0 Å². The van der Waals surface area contributed by atoms with Crippen LogP contribution in [-0.2, 0) is 9.59 Å². The molecule has 1 amide bonds. The molecular formula is C8H2Cl5NO3. The molecule has 0 aromatic heterocycles. The zero-order valence-corrected chi connectivity index (χ0v) is 11.5. The Bertz CT molecular complexity index is 487. The quantitative estimate of drug-likeness (QED) is 0.281. The summed E-state index contributed by atoms with van der Waals surface area (Å²) < 4.78 is 4.55. The standard InChI is InChI=1S/C8H2Cl5NO3/c9-1-2(10)4(12)6(5(13)3(1)11)17-8(16)7(14)15/h(H2,14,15). The van der Waals surface area contributed by atoms with Crippen molar-refractivity contribution in [1.29, 1.82) is 0 Å². The molecule has 1 aromatic carbocycles. The molecule has 0 bridgehead atoms. The SMILES string of the molecule is NC(=O)C(=O)Oc1c(Cl)c(Cl)c(Cl)c(Cl)c1Cl. The van der Waals surface area contributed by atoms with Gasteiger partial charge in [0.2, 0.25) is 0 Å². The summed E-state index contributed by atoms with van der Waals surface area (Å²) in [7, 11) is 0. The Balaban J connectivity index is 3.35. The second-order valence-corrected chi connectivity index (χ2v) is 4.54. The summed E-state index contributed by atoms with van der Waals surface area (Å²) in [4.78, 5) is 21.5. The molecule has 0 atom stereocenters. The number of rotatable bonds is 1. The van der Waals surface area contributed by atoms with Gasteiger partial charge in [0, 0.05) is 0 Å². The summed E-state index contributed by atoms with van der Waals surface area (Å²) in [6.45, 7) is 0. The third kappa shape index (κ3) is 2.89. The zero-order valence-electron chi connectivity index (χ0n) is 7.69. The molecule has 0 spiro atoms. The molecule has 1 aromatic rings. The summed E-state index contributed by atoms with van der Waals surface area (Å²) in [5.74, 6) is -3.06. The van der Waals surface area contributed by atoms with E-state index in [1.165, 1.54) is 0 Å². The molecule has 0 unspecified atom stereocenters. The van der Waals surface area contributed by atoms with Gasteiger partial charge in [-0.05, 0) is 0 Å². The minimum atomic E-state index is -1.36. The van der Waals surface area contributed by atoms with Crippen molar-refractivity contribution in [3.8, 4) is 5.75 Å². The van der Waals surface area contributed by atoms with Gasteiger partial charge in [0.15, 0.2) is 5.75 Å². The Morgan fingerprint density at radius 1 is 0.824 bits per heavy atom. The fraction of sp³-hybridized carbons (Fsp3) is 0. The maximum atomic E-state index is 11.0. The number of ether oxygens (including phenoxy) is 1. The highest BCUT2D eigenvalue weighted by Gasteiger charge is 2.24. The van der Waals surface area contributed by atoms with Crippen molar-refractivity contribution in [2.24, 2.45) is 5.73 Å². The van der Waals surface area contributed by atoms with Crippen molar-refractivity contribution in [2.75, 3.05) is 0 Å². The minimum absolute atomic E-state index is 0.0952. The van der Waals surface area contributed by atoms with Crippen LogP contribution >= 0.6 is 58.0 Å². The molecule has 0 aliphatic rings. The summed E-state index contributed by atoms with van der Waals surface area (Å²) in [6.07, 6.45) is 0. The number of amides is 1. The van der Waals surface area contributed by atoms with E-state index in [-0.39, 0.29) is 30.9 Å². The maximum absolute atomic E-state index is 11.0. The molecule has 0 saturated heterocycles. The smallest absolute Gasteiger partial charge is 0.402 e. The van der Waals surface area contributed by atoms with Crippen LogP contribution in [0.15, 0.2) is 0 Å². The molecule has 9 heteroatoms. The molecular weight excluding hydrogens is 335 g/mol. The van der Waals surface area contributed by atoms with Gasteiger partial charge in [-0.1, -0.05) is 58.0 Å². The van der Waals surface area contributed by atoms with Gasteiger partial charge in [-0.2, -0.15) is 0 Å². The molecule has 2 N–H and O–H groups in total. The van der Waals surface area contributed by atoms with Crippen LogP contribution in [0.2, 0.25) is 25.1 Å². The maximum Gasteiger partial charge on any atom is 0.402 e. The second-order valence-electron chi connectivity index (χ2n) is 2.65. The van der Waals surface area contributed by atoms with Crippen LogP contribution in [-0.4, -0.2) is 11.9 Å². The third-order valence-electron chi connectivity index (χ3n) is 1.57. The molecule has 0 fully saturated rings. The van der Waals surface area contributed by atoms with Crippen LogP contribution < -0.4 is 10.5 Å². The van der Waals surface area contributed by atoms with E-state index < -0.39 is 11.9 Å². The summed E-state index contributed by atoms with van der Waals surface area (Å²) in [5.41, 5.74) is 4.70. The van der Waals surface area contributed by atoms with Crippen LogP contribution in [0.5, 0.6) is 5.75 Å². The highest BCUT2D eigenvalue weighted by molar-refractivity contribution is 6.55. The first-order valence-corrected chi connectivity index (χ1v) is 5.69. The average Bonchev–Trinajstić information content (AvgIpc) is 2.29. The Morgan fingerprint density at radius 2 is 1.18 bits per heavy atom. The molecule has 0 radical (unpaired) electrons. The third-order valence-corrected chi connectivity index (χ3v) is 3.81. The van der Waals surface area contributed by atoms with E-state index in [0.29, 0.717) is 0 Å². The van der Waals surface area contributed by atoms with E-state index in [0.717, 1.165) is 0 Å². The predicted molar refractivity (Wildman–Crippen MR) is 66.3 cm³/mol. The van der Waals surface area contributed by atoms with Crippen molar-refractivity contribution in [3.63, 3.8) is 0 Å². The second kappa shape index (κ2) is 5.50. The van der Waals surface area contributed by atoms with Gasteiger partial charge < -0.3 is 10.5 Å². The number of carbonyl (C=O) groups excluding carboxylic acids is 2. The van der Waals surface area contributed by atoms with Gasteiger partial charge in [-0.15, -0.1) is 0 Å². The first-order valence-electron chi connectivity index (χ1n) is 3.80. The number of primary amides is 1. The first kappa shape index (κ1) is 14.7. The van der Waals surface area contributed by atoms with Crippen molar-refractivity contribution in [1.82, 2.24) is 0 Å². The van der Waals surface area contributed by atoms with Crippen molar-refractivity contribution >= 4 is 69.9 Å². The van der Waals surface area contributed by atoms with Crippen LogP contribution in [0, 0.1) is 0 Å². The predicted octanol–water partition coefficient (Wildman–Crippen LogP) is 3.34. The Hall–Kier alpha value is -0.390. The van der Waals surface area contributed by atoms with Crippen molar-refractivity contribution in [2.45, 2.75) is 0 Å². The molecule has 92 valence electrons. The average molecular weight is 337 g/mol. The Labute approximate surface area is 120 Å². The zero-order chi connectivity index (χ0) is 13.3. The number of esters is 1. The minimum Gasteiger partial charge on any atom is -0.416 e. The van der Waals surface area contributed by atoms with E-state index in [9.17, 15) is 9.59 Å². The Morgan fingerprint density at radius 3 is 1.53 bits per heavy atom. The van der Waals surface area contributed by atoms with E-state index in [4.69, 9.17) is 63.7 Å². The van der Waals surface area contributed by atoms with Gasteiger partial charge in [-0.25, -0.2) is 4.79 Å². The van der Waals surface area contributed by atoms with Gasteiger partial charge in [0.05, 0.1) is 15.1 Å². The monoisotopic (exact) mass is 335 g/mol. The largest absolute Gasteiger partial charge is 0.416 e. The highest BCUT2D eigenvalue weighted by Crippen LogP contribution is 2.48. The number of hydrogen-bond acceptors (Lipinski definition) is 3. The van der Waals surface area contributed by atoms with Crippen LogP contribution in [0.3, 0.4) is 0 Å². The number of benzene rings is 1. The lowest BCUT2D eigenvalue weighted by Crippen LogP contribution is -2.28. The molecule has 4 nitrogen and oxygen atoms in total. The van der Waals surface area contributed by atoms with Gasteiger partial charge in [0.25, 0.3) is 0 Å². The molecule has 0 aliphatic carbocycles. The molecule has 1 rings (SSSR count). The highest BCUT2D eigenvalue weighted by atomic mass is 35.5. The molecule has 0 heterocycles. The van der Waals surface area contributed by atoms with Crippen molar-refractivity contribution < 1.29 is 14.3 Å².